The molecule has 3 heteroatoms. The van der Waals surface area contributed by atoms with E-state index in [9.17, 15) is 4.39 Å². The Hall–Kier alpha value is -1.09. The van der Waals surface area contributed by atoms with Gasteiger partial charge in [0, 0.05) is 30.4 Å². The first kappa shape index (κ1) is 15.0. The summed E-state index contributed by atoms with van der Waals surface area (Å²) in [6.45, 7) is 10.9. The highest BCUT2D eigenvalue weighted by Gasteiger charge is 2.15. The van der Waals surface area contributed by atoms with E-state index in [2.05, 4.69) is 37.9 Å². The molecule has 0 bridgehead atoms. The van der Waals surface area contributed by atoms with Crippen LogP contribution in [-0.2, 0) is 6.54 Å². The van der Waals surface area contributed by atoms with Crippen molar-refractivity contribution >= 4 is 5.69 Å². The van der Waals surface area contributed by atoms with Crippen molar-refractivity contribution in [3.8, 4) is 0 Å². The zero-order valence-electron chi connectivity index (χ0n) is 12.0. The maximum absolute atomic E-state index is 14.0. The van der Waals surface area contributed by atoms with Crippen molar-refractivity contribution in [2.75, 3.05) is 18.0 Å². The van der Waals surface area contributed by atoms with E-state index in [0.29, 0.717) is 12.6 Å². The lowest BCUT2D eigenvalue weighted by Crippen LogP contribution is -2.32. The first-order valence-corrected chi connectivity index (χ1v) is 6.86. The number of rotatable bonds is 7. The molecule has 1 aromatic carbocycles. The van der Waals surface area contributed by atoms with Gasteiger partial charge in [-0.25, -0.2) is 4.39 Å². The van der Waals surface area contributed by atoms with E-state index >= 15 is 0 Å². The monoisotopic (exact) mass is 252 g/mol. The van der Waals surface area contributed by atoms with Gasteiger partial charge < -0.3 is 10.2 Å². The summed E-state index contributed by atoms with van der Waals surface area (Å²) in [4.78, 5) is 2.23. The SMILES string of the molecule is CCCNCc1c(F)cccc1N(CC)C(C)C. The molecule has 0 spiro atoms. The minimum absolute atomic E-state index is 0.116. The average Bonchev–Trinajstić information content (AvgIpc) is 2.33. The van der Waals surface area contributed by atoms with Gasteiger partial charge in [-0.05, 0) is 45.9 Å². The molecule has 18 heavy (non-hydrogen) atoms. The van der Waals surface area contributed by atoms with Crippen LogP contribution in [0.4, 0.5) is 10.1 Å². The number of nitrogens with zero attached hydrogens (tertiary/aromatic N) is 1. The number of nitrogens with one attached hydrogen (secondary N) is 1. The van der Waals surface area contributed by atoms with E-state index in [1.165, 1.54) is 0 Å². The molecule has 102 valence electrons. The van der Waals surface area contributed by atoms with Crippen LogP contribution in [0.1, 0.15) is 39.7 Å². The van der Waals surface area contributed by atoms with E-state index in [1.54, 1.807) is 12.1 Å². The van der Waals surface area contributed by atoms with Crippen LogP contribution in [0.25, 0.3) is 0 Å². The second-order valence-electron chi connectivity index (χ2n) is 4.79. The lowest BCUT2D eigenvalue weighted by Gasteiger charge is -2.30. The summed E-state index contributed by atoms with van der Waals surface area (Å²) in [6, 6.07) is 5.72. The lowest BCUT2D eigenvalue weighted by molar-refractivity contribution is 0.581. The second kappa shape index (κ2) is 7.37. The predicted octanol–water partition coefficient (Wildman–Crippen LogP) is 3.56. The number of halogens is 1. The topological polar surface area (TPSA) is 15.3 Å². The predicted molar refractivity (Wildman–Crippen MR) is 76.6 cm³/mol. The number of benzene rings is 1. The highest BCUT2D eigenvalue weighted by molar-refractivity contribution is 5.54. The Morgan fingerprint density at radius 2 is 2.00 bits per heavy atom. The van der Waals surface area contributed by atoms with Crippen LogP contribution in [0.3, 0.4) is 0 Å². The summed E-state index contributed by atoms with van der Waals surface area (Å²) in [6.07, 6.45) is 1.06. The zero-order chi connectivity index (χ0) is 13.5. The maximum Gasteiger partial charge on any atom is 0.129 e. The van der Waals surface area contributed by atoms with E-state index < -0.39 is 0 Å². The second-order valence-corrected chi connectivity index (χ2v) is 4.79. The van der Waals surface area contributed by atoms with E-state index in [1.807, 2.05) is 6.07 Å². The highest BCUT2D eigenvalue weighted by atomic mass is 19.1. The Labute approximate surface area is 110 Å². The van der Waals surface area contributed by atoms with Gasteiger partial charge >= 0.3 is 0 Å². The molecule has 0 unspecified atom stereocenters. The third kappa shape index (κ3) is 3.70. The van der Waals surface area contributed by atoms with Crippen LogP contribution < -0.4 is 10.2 Å². The molecule has 0 saturated heterocycles. The lowest BCUT2D eigenvalue weighted by atomic mass is 10.1. The van der Waals surface area contributed by atoms with Crippen LogP contribution in [-0.4, -0.2) is 19.1 Å². The molecule has 0 heterocycles. The molecule has 0 aliphatic carbocycles. The molecule has 1 rings (SSSR count). The molecule has 0 fully saturated rings. The van der Waals surface area contributed by atoms with Gasteiger partial charge in [0.15, 0.2) is 0 Å². The summed E-state index contributed by atoms with van der Waals surface area (Å²) in [5, 5.41) is 3.28. The minimum atomic E-state index is -0.116. The van der Waals surface area contributed by atoms with Gasteiger partial charge in [-0.15, -0.1) is 0 Å². The van der Waals surface area contributed by atoms with Crippen LogP contribution >= 0.6 is 0 Å². The third-order valence-corrected chi connectivity index (χ3v) is 3.10. The molecule has 0 saturated carbocycles. The smallest absolute Gasteiger partial charge is 0.129 e. The number of hydrogen-bond donors (Lipinski definition) is 1. The molecule has 0 aliphatic rings. The zero-order valence-corrected chi connectivity index (χ0v) is 12.0. The van der Waals surface area contributed by atoms with Crippen LogP contribution in [0.15, 0.2) is 18.2 Å². The largest absolute Gasteiger partial charge is 0.369 e. The van der Waals surface area contributed by atoms with E-state index in [-0.39, 0.29) is 5.82 Å². The van der Waals surface area contributed by atoms with E-state index in [0.717, 1.165) is 30.8 Å². The molecular weight excluding hydrogens is 227 g/mol. The molecule has 0 amide bonds. The number of anilines is 1. The van der Waals surface area contributed by atoms with Crippen molar-refractivity contribution in [2.24, 2.45) is 0 Å². The van der Waals surface area contributed by atoms with Gasteiger partial charge in [0.05, 0.1) is 0 Å². The summed E-state index contributed by atoms with van der Waals surface area (Å²) in [5.41, 5.74) is 1.79. The molecule has 1 aromatic rings. The molecule has 2 nitrogen and oxygen atoms in total. The number of hydrogen-bond acceptors (Lipinski definition) is 2. The summed E-state index contributed by atoms with van der Waals surface area (Å²) < 4.78 is 14.0. The molecule has 0 atom stereocenters. The Morgan fingerprint density at radius 3 is 2.56 bits per heavy atom. The first-order chi connectivity index (χ1) is 8.61. The third-order valence-electron chi connectivity index (χ3n) is 3.10. The fourth-order valence-electron chi connectivity index (χ4n) is 2.20. The average molecular weight is 252 g/mol. The highest BCUT2D eigenvalue weighted by Crippen LogP contribution is 2.24. The Kier molecular flexibility index (Phi) is 6.13. The summed E-state index contributed by atoms with van der Waals surface area (Å²) in [5.74, 6) is -0.116. The standard InChI is InChI=1S/C15H25FN2/c1-5-10-17-11-13-14(16)8-7-9-15(13)18(6-2)12(3)4/h7-9,12,17H,5-6,10-11H2,1-4H3. The van der Waals surface area contributed by atoms with Crippen LogP contribution in [0, 0.1) is 5.82 Å². The Morgan fingerprint density at radius 1 is 1.28 bits per heavy atom. The molecule has 1 N–H and O–H groups in total. The quantitative estimate of drug-likeness (QED) is 0.746. The normalized spacial score (nSPS) is 11.0. The van der Waals surface area contributed by atoms with Crippen molar-refractivity contribution in [1.29, 1.82) is 0 Å². The van der Waals surface area contributed by atoms with Crippen molar-refractivity contribution in [2.45, 2.75) is 46.7 Å². The first-order valence-electron chi connectivity index (χ1n) is 6.86. The van der Waals surface area contributed by atoms with Crippen molar-refractivity contribution in [1.82, 2.24) is 5.32 Å². The minimum Gasteiger partial charge on any atom is -0.369 e. The fraction of sp³-hybridized carbons (Fsp3) is 0.600. The summed E-state index contributed by atoms with van der Waals surface area (Å²) >= 11 is 0. The molecule has 0 radical (unpaired) electrons. The summed E-state index contributed by atoms with van der Waals surface area (Å²) in [7, 11) is 0. The molecular formula is C15H25FN2. The van der Waals surface area contributed by atoms with Crippen molar-refractivity contribution in [3.05, 3.63) is 29.6 Å². The Balaban J connectivity index is 2.98. The van der Waals surface area contributed by atoms with Crippen molar-refractivity contribution < 1.29 is 4.39 Å². The van der Waals surface area contributed by atoms with Gasteiger partial charge in [-0.1, -0.05) is 13.0 Å². The van der Waals surface area contributed by atoms with Gasteiger partial charge in [0.1, 0.15) is 5.82 Å². The van der Waals surface area contributed by atoms with E-state index in [4.69, 9.17) is 0 Å². The maximum atomic E-state index is 14.0. The molecule has 0 aromatic heterocycles. The van der Waals surface area contributed by atoms with Crippen molar-refractivity contribution in [3.63, 3.8) is 0 Å². The van der Waals surface area contributed by atoms with Gasteiger partial charge in [-0.2, -0.15) is 0 Å². The van der Waals surface area contributed by atoms with Gasteiger partial charge in [-0.3, -0.25) is 0 Å². The molecule has 0 aliphatic heterocycles. The fourth-order valence-corrected chi connectivity index (χ4v) is 2.20. The van der Waals surface area contributed by atoms with Crippen LogP contribution in [0.2, 0.25) is 0 Å². The van der Waals surface area contributed by atoms with Gasteiger partial charge in [0.25, 0.3) is 0 Å². The van der Waals surface area contributed by atoms with Crippen LogP contribution in [0.5, 0.6) is 0 Å². The van der Waals surface area contributed by atoms with Gasteiger partial charge in [0.2, 0.25) is 0 Å². The Bertz CT molecular complexity index is 364.